The van der Waals surface area contributed by atoms with Gasteiger partial charge in [-0.3, -0.25) is 0 Å². The first-order valence-electron chi connectivity index (χ1n) is 30.0. The van der Waals surface area contributed by atoms with Crippen molar-refractivity contribution < 1.29 is 40.9 Å². The van der Waals surface area contributed by atoms with Crippen molar-refractivity contribution in [1.82, 2.24) is 14.1 Å². The normalized spacial score (nSPS) is 15.3. The summed E-state index contributed by atoms with van der Waals surface area (Å²) in [5.41, 5.74) is 9.37. The molecule has 0 bridgehead atoms. The van der Waals surface area contributed by atoms with Gasteiger partial charge in [0, 0.05) is 87.5 Å². The van der Waals surface area contributed by atoms with E-state index in [-0.39, 0.29) is 70.5 Å². The minimum Gasteiger partial charge on any atom is -0.509 e. The Balaban J connectivity index is 0.00000752. The van der Waals surface area contributed by atoms with Gasteiger partial charge < -0.3 is 23.7 Å². The van der Waals surface area contributed by atoms with Gasteiger partial charge in [0.2, 0.25) is 0 Å². The fourth-order valence-corrected chi connectivity index (χ4v) is 9.86. The second-order valence-corrected chi connectivity index (χ2v) is 21.9. The van der Waals surface area contributed by atoms with Gasteiger partial charge in [0.05, 0.1) is 22.0 Å². The number of para-hydroxylation sites is 4. The summed E-state index contributed by atoms with van der Waals surface area (Å²) >= 11 is 0. The molecule has 74 heavy (non-hydrogen) atoms. The summed E-state index contributed by atoms with van der Waals surface area (Å²) in [5.74, 6) is 0.969. The Kier molecular flexibility index (Phi) is 9.19. The molecule has 1 aliphatic heterocycles. The van der Waals surface area contributed by atoms with Gasteiger partial charge in [-0.2, -0.15) is 12.1 Å². The number of hydrogen-bond acceptors (Lipinski definition) is 4. The summed E-state index contributed by atoms with van der Waals surface area (Å²) in [7, 11) is 0. The minimum absolute atomic E-state index is 0. The van der Waals surface area contributed by atoms with Crippen LogP contribution in [0.4, 0.5) is 22.7 Å². The summed E-state index contributed by atoms with van der Waals surface area (Å²) < 4.78 is 108. The van der Waals surface area contributed by atoms with Gasteiger partial charge in [-0.15, -0.1) is 48.1 Å². The Morgan fingerprint density at radius 3 is 1.86 bits per heavy atom. The molecule has 0 fully saturated rings. The SMILES string of the molecule is [2H]c1c([2H])c([2H])c2c(c1[2H])c1c([2H])c([2H])c([2H])c([2H])c1n2-c1ccc2c(c1)c1ccc(Oc3[c-]c(N4[CH-]N(c5cc(C(C)(C)C)cc(C(C)(C)C)c5)c5ccccc54)ccc3)[c-]c1n2-c1cc(C([2H])([2H])[2H])c(-c2cccc(C(C)(C)C)c2)cn1.[Pt]. The van der Waals surface area contributed by atoms with Crippen LogP contribution in [-0.4, -0.2) is 14.1 Å². The van der Waals surface area contributed by atoms with Gasteiger partial charge >= 0.3 is 0 Å². The first-order valence-corrected chi connectivity index (χ1v) is 24.5. The number of rotatable bonds is 7. The smallest absolute Gasteiger partial charge is 0.135 e. The van der Waals surface area contributed by atoms with Gasteiger partial charge in [0.1, 0.15) is 5.82 Å². The zero-order valence-electron chi connectivity index (χ0n) is 53.7. The van der Waals surface area contributed by atoms with E-state index in [0.717, 1.165) is 28.3 Å². The van der Waals surface area contributed by atoms with Crippen LogP contribution in [0.15, 0.2) is 176 Å². The molecule has 0 N–H and O–H groups in total. The van der Waals surface area contributed by atoms with E-state index >= 15 is 0 Å². The Labute approximate surface area is 465 Å². The Hall–Kier alpha value is -7.40. The number of ether oxygens (including phenoxy) is 1. The molecule has 6 nitrogen and oxygen atoms in total. The van der Waals surface area contributed by atoms with E-state index in [1.165, 1.54) is 15.7 Å². The van der Waals surface area contributed by atoms with Crippen LogP contribution in [0.25, 0.3) is 66.2 Å². The molecule has 7 heteroatoms. The maximum atomic E-state index is 9.19. The largest absolute Gasteiger partial charge is 0.509 e. The van der Waals surface area contributed by atoms with Crippen molar-refractivity contribution in [3.8, 4) is 34.1 Å². The summed E-state index contributed by atoms with van der Waals surface area (Å²) in [5, 5.41) is 1.13. The number of hydrogen-bond donors (Lipinski definition) is 0. The number of pyridine rings is 1. The van der Waals surface area contributed by atoms with Crippen LogP contribution >= 0.6 is 0 Å². The predicted molar refractivity (Wildman–Crippen MR) is 305 cm³/mol. The molecule has 12 rings (SSSR count). The van der Waals surface area contributed by atoms with Crippen molar-refractivity contribution in [2.75, 3.05) is 9.80 Å². The van der Waals surface area contributed by atoms with Crippen molar-refractivity contribution in [3.05, 3.63) is 217 Å². The standard InChI is InChI=1S/C67H60N5O.Pt/c1-43-33-64(68-41-57(43)44-19-17-20-45(34-44)65(2,3)4)72-60-32-29-49(71-58-25-13-11-23-53(58)54-24-12-14-26-59(54)71)39-56(60)55-31-30-52(40-63(55)72)73-51-22-18-21-48(38-51)69-42-70(62-28-16-15-27-61(62)69)50-36-46(66(5,6)7)35-47(37-50)67(8,9)10;/h11-37,39,41-42H,1-10H3;/q-3;/i1D3,11D,12D,13D,14D,23D,24D,25D,26D;. The van der Waals surface area contributed by atoms with Gasteiger partial charge in [-0.05, 0) is 117 Å². The number of benzene rings is 8. The zero-order chi connectivity index (χ0) is 60.0. The van der Waals surface area contributed by atoms with E-state index in [0.29, 0.717) is 50.1 Å². The third-order valence-corrected chi connectivity index (χ3v) is 13.9. The fraction of sp³-hybridized carbons (Fsp3) is 0.194. The monoisotopic (exact) mass is 1160 g/mol. The number of anilines is 4. The Morgan fingerprint density at radius 2 is 1.19 bits per heavy atom. The van der Waals surface area contributed by atoms with Crippen molar-refractivity contribution in [1.29, 1.82) is 0 Å². The van der Waals surface area contributed by atoms with E-state index in [4.69, 9.17) is 22.1 Å². The molecule has 11 aromatic rings. The number of aryl methyl sites for hydroxylation is 1. The average Bonchev–Trinajstić information content (AvgIpc) is 1.64. The Morgan fingerprint density at radius 1 is 0.541 bits per heavy atom. The molecule has 3 aromatic heterocycles. The van der Waals surface area contributed by atoms with Crippen LogP contribution in [-0.2, 0) is 37.3 Å². The summed E-state index contributed by atoms with van der Waals surface area (Å²) in [6, 6.07) is 42.3. The zero-order valence-corrected chi connectivity index (χ0v) is 44.9. The second-order valence-electron chi connectivity index (χ2n) is 21.9. The van der Waals surface area contributed by atoms with E-state index in [1.807, 2.05) is 60.7 Å². The molecule has 8 aromatic carbocycles. The topological polar surface area (TPSA) is 38.5 Å². The fourth-order valence-electron chi connectivity index (χ4n) is 9.86. The maximum absolute atomic E-state index is 9.19. The molecule has 0 radical (unpaired) electrons. The summed E-state index contributed by atoms with van der Waals surface area (Å²) in [6.45, 7) is 19.2. The molecule has 0 spiro atoms. The molecular weight excluding hydrogens is 1090 g/mol. The van der Waals surface area contributed by atoms with Crippen LogP contribution in [0.5, 0.6) is 11.5 Å². The molecule has 4 heterocycles. The summed E-state index contributed by atoms with van der Waals surface area (Å²) in [4.78, 5) is 9.31. The van der Waals surface area contributed by atoms with Crippen LogP contribution in [0.2, 0.25) is 0 Å². The van der Waals surface area contributed by atoms with Crippen LogP contribution in [0, 0.1) is 25.7 Å². The Bertz CT molecular complexity index is 4460. The maximum Gasteiger partial charge on any atom is 0.135 e. The molecule has 0 unspecified atom stereocenters. The third-order valence-electron chi connectivity index (χ3n) is 13.9. The minimum atomic E-state index is -2.58. The molecule has 0 saturated heterocycles. The van der Waals surface area contributed by atoms with Gasteiger partial charge in [-0.1, -0.05) is 147 Å². The van der Waals surface area contributed by atoms with Crippen molar-refractivity contribution >= 4 is 66.4 Å². The number of fused-ring (bicyclic) bond motifs is 7. The van der Waals surface area contributed by atoms with Crippen LogP contribution in [0.3, 0.4) is 0 Å². The predicted octanol–water partition coefficient (Wildman–Crippen LogP) is 17.9. The van der Waals surface area contributed by atoms with E-state index in [2.05, 4.69) is 121 Å². The molecule has 0 atom stereocenters. The van der Waals surface area contributed by atoms with Crippen molar-refractivity contribution in [2.45, 2.75) is 85.4 Å². The molecule has 372 valence electrons. The van der Waals surface area contributed by atoms with E-state index in [1.54, 1.807) is 41.1 Å². The van der Waals surface area contributed by atoms with Gasteiger partial charge in [0.25, 0.3) is 0 Å². The molecular formula is C67H60N5OPt-3. The average molecular weight is 1160 g/mol. The molecule has 0 aliphatic carbocycles. The van der Waals surface area contributed by atoms with E-state index < -0.39 is 55.2 Å². The van der Waals surface area contributed by atoms with Crippen LogP contribution in [0.1, 0.15) is 99.6 Å². The van der Waals surface area contributed by atoms with E-state index in [9.17, 15) is 2.74 Å². The molecule has 0 amide bonds. The summed E-state index contributed by atoms with van der Waals surface area (Å²) in [6.07, 6.45) is 1.59. The quantitative estimate of drug-likeness (QED) is 0.149. The number of aromatic nitrogens is 3. The van der Waals surface area contributed by atoms with Gasteiger partial charge in [0.15, 0.2) is 0 Å². The van der Waals surface area contributed by atoms with Crippen molar-refractivity contribution in [3.63, 3.8) is 0 Å². The van der Waals surface area contributed by atoms with Crippen LogP contribution < -0.4 is 14.5 Å². The molecule has 0 saturated carbocycles. The molecule has 1 aliphatic rings. The van der Waals surface area contributed by atoms with Gasteiger partial charge in [-0.25, -0.2) is 4.98 Å². The van der Waals surface area contributed by atoms with Crippen molar-refractivity contribution in [2.24, 2.45) is 0 Å². The number of nitrogens with zero attached hydrogens (tertiary/aromatic N) is 5. The second kappa shape index (κ2) is 18.2. The first kappa shape index (κ1) is 37.3. The first-order chi connectivity index (χ1) is 39.5. The third kappa shape index (κ3) is 8.57.